The highest BCUT2D eigenvalue weighted by atomic mass is 16.2. The summed E-state index contributed by atoms with van der Waals surface area (Å²) >= 11 is 0. The number of carbonyl (C=O) groups is 2. The maximum Gasteiger partial charge on any atom is 0.255 e. The molecule has 0 unspecified atom stereocenters. The van der Waals surface area contributed by atoms with E-state index >= 15 is 0 Å². The fourth-order valence-electron chi connectivity index (χ4n) is 3.28. The number of benzene rings is 1. The summed E-state index contributed by atoms with van der Waals surface area (Å²) in [6.45, 7) is 16.9. The number of pyridine rings is 1. The van der Waals surface area contributed by atoms with E-state index in [1.807, 2.05) is 32.2 Å². The van der Waals surface area contributed by atoms with Gasteiger partial charge in [0, 0.05) is 24.5 Å². The maximum absolute atomic E-state index is 13.1. The molecule has 2 amide bonds. The summed E-state index contributed by atoms with van der Waals surface area (Å²) in [6, 6.07) is 7.42. The largest absolute Gasteiger partial charge is 0.351 e. The van der Waals surface area contributed by atoms with Crippen molar-refractivity contribution in [2.75, 3.05) is 11.9 Å². The van der Waals surface area contributed by atoms with Gasteiger partial charge in [-0.3, -0.25) is 14.6 Å². The van der Waals surface area contributed by atoms with Crippen LogP contribution in [0, 0.1) is 19.3 Å². The van der Waals surface area contributed by atoms with Gasteiger partial charge >= 0.3 is 0 Å². The van der Waals surface area contributed by atoms with Gasteiger partial charge in [0.05, 0.1) is 28.8 Å². The van der Waals surface area contributed by atoms with Crippen LogP contribution in [-0.4, -0.2) is 33.1 Å². The molecule has 2 aromatic heterocycles. The van der Waals surface area contributed by atoms with Crippen molar-refractivity contribution in [3.63, 3.8) is 0 Å². The lowest BCUT2D eigenvalue weighted by atomic mass is 9.88. The van der Waals surface area contributed by atoms with Crippen LogP contribution in [0.2, 0.25) is 0 Å². The van der Waals surface area contributed by atoms with Crippen molar-refractivity contribution in [1.82, 2.24) is 20.1 Å². The predicted octanol–water partition coefficient (Wildman–Crippen LogP) is 5.21. The third-order valence-electron chi connectivity index (χ3n) is 5.54. The molecule has 0 saturated carbocycles. The van der Waals surface area contributed by atoms with Crippen molar-refractivity contribution in [3.05, 3.63) is 70.8 Å². The van der Waals surface area contributed by atoms with E-state index in [0.717, 1.165) is 22.5 Å². The second kappa shape index (κ2) is 9.41. The van der Waals surface area contributed by atoms with Gasteiger partial charge in [-0.25, -0.2) is 4.68 Å². The van der Waals surface area contributed by atoms with Crippen LogP contribution in [-0.2, 0) is 5.41 Å². The van der Waals surface area contributed by atoms with E-state index in [2.05, 4.69) is 62.3 Å². The fourth-order valence-corrected chi connectivity index (χ4v) is 3.28. The molecule has 7 heteroatoms. The average molecular weight is 462 g/mol. The Morgan fingerprint density at radius 1 is 0.941 bits per heavy atom. The predicted molar refractivity (Wildman–Crippen MR) is 136 cm³/mol. The molecule has 0 aliphatic carbocycles. The van der Waals surface area contributed by atoms with Crippen molar-refractivity contribution in [2.24, 2.45) is 5.41 Å². The molecule has 34 heavy (non-hydrogen) atoms. The van der Waals surface area contributed by atoms with Crippen LogP contribution in [0.1, 0.15) is 79.1 Å². The van der Waals surface area contributed by atoms with Crippen LogP contribution in [0.25, 0.3) is 5.69 Å². The summed E-state index contributed by atoms with van der Waals surface area (Å²) in [5.41, 5.74) is 5.05. The summed E-state index contributed by atoms with van der Waals surface area (Å²) in [4.78, 5) is 30.0. The minimum absolute atomic E-state index is 0.00971. The molecular formula is C27H35N5O2. The molecule has 0 spiro atoms. The van der Waals surface area contributed by atoms with Crippen LogP contribution in [0.15, 0.2) is 42.9 Å². The molecule has 0 radical (unpaired) electrons. The second-order valence-electron chi connectivity index (χ2n) is 11.0. The molecule has 7 nitrogen and oxygen atoms in total. The van der Waals surface area contributed by atoms with Gasteiger partial charge in [-0.05, 0) is 54.0 Å². The first kappa shape index (κ1) is 25.1. The lowest BCUT2D eigenvalue weighted by Crippen LogP contribution is -2.32. The molecule has 2 N–H and O–H groups in total. The topological polar surface area (TPSA) is 88.9 Å². The molecule has 0 aliphatic rings. The normalized spacial score (nSPS) is 11.9. The number of aryl methyl sites for hydroxylation is 2. The third kappa shape index (κ3) is 6.10. The summed E-state index contributed by atoms with van der Waals surface area (Å²) in [6.07, 6.45) is 5.07. The number of hydrogen-bond donors (Lipinski definition) is 2. The Bertz CT molecular complexity index is 1210. The fraction of sp³-hybridized carbons (Fsp3) is 0.407. The van der Waals surface area contributed by atoms with E-state index in [9.17, 15) is 9.59 Å². The van der Waals surface area contributed by atoms with Crippen molar-refractivity contribution in [1.29, 1.82) is 0 Å². The zero-order valence-corrected chi connectivity index (χ0v) is 21.4. The first-order valence-electron chi connectivity index (χ1n) is 11.5. The lowest BCUT2D eigenvalue weighted by molar-refractivity contribution is 0.0938. The monoisotopic (exact) mass is 461 g/mol. The van der Waals surface area contributed by atoms with E-state index < -0.39 is 0 Å². The minimum Gasteiger partial charge on any atom is -0.351 e. The number of anilines is 1. The lowest BCUT2D eigenvalue weighted by Gasteiger charge is -2.20. The second-order valence-corrected chi connectivity index (χ2v) is 11.0. The van der Waals surface area contributed by atoms with E-state index in [-0.39, 0.29) is 22.6 Å². The SMILES string of the molecule is Cc1ccc(C(=O)Nc2cc(C(C)(C)C)cnc2C)cc1-n1cc(C(=O)NCC(C)(C)C)cn1. The van der Waals surface area contributed by atoms with Gasteiger partial charge in [-0.2, -0.15) is 5.10 Å². The summed E-state index contributed by atoms with van der Waals surface area (Å²) in [5.74, 6) is -0.401. The molecule has 0 atom stereocenters. The van der Waals surface area contributed by atoms with Gasteiger partial charge in [0.25, 0.3) is 11.8 Å². The standard InChI is InChI=1S/C27H35N5O2/c1-17-9-10-19(25(34)31-22-12-21(27(6,7)8)14-28-18(22)2)11-23(17)32-15-20(13-30-32)24(33)29-16-26(3,4)5/h9-15H,16H2,1-8H3,(H,29,33)(H,31,34). The zero-order chi connectivity index (χ0) is 25.3. The van der Waals surface area contributed by atoms with Crippen LogP contribution in [0.5, 0.6) is 0 Å². The van der Waals surface area contributed by atoms with E-state index in [1.54, 1.807) is 23.0 Å². The van der Waals surface area contributed by atoms with E-state index in [4.69, 9.17) is 0 Å². The number of aromatic nitrogens is 3. The highest BCUT2D eigenvalue weighted by molar-refractivity contribution is 6.05. The number of hydrogen-bond acceptors (Lipinski definition) is 4. The van der Waals surface area contributed by atoms with Crippen molar-refractivity contribution in [3.8, 4) is 5.69 Å². The first-order chi connectivity index (χ1) is 15.7. The van der Waals surface area contributed by atoms with Gasteiger partial charge in [-0.15, -0.1) is 0 Å². The molecule has 0 saturated heterocycles. The Morgan fingerprint density at radius 2 is 1.65 bits per heavy atom. The Hall–Kier alpha value is -3.48. The molecule has 0 bridgehead atoms. The van der Waals surface area contributed by atoms with Crippen LogP contribution >= 0.6 is 0 Å². The Balaban J connectivity index is 1.83. The van der Waals surface area contributed by atoms with Gasteiger partial charge in [0.15, 0.2) is 0 Å². The van der Waals surface area contributed by atoms with Gasteiger partial charge < -0.3 is 10.6 Å². The molecule has 0 aliphatic heterocycles. The molecular weight excluding hydrogens is 426 g/mol. The average Bonchev–Trinajstić information content (AvgIpc) is 3.22. The van der Waals surface area contributed by atoms with Gasteiger partial charge in [-0.1, -0.05) is 47.6 Å². The molecule has 1 aromatic carbocycles. The smallest absolute Gasteiger partial charge is 0.255 e. The Kier molecular flexibility index (Phi) is 6.96. The highest BCUT2D eigenvalue weighted by Crippen LogP contribution is 2.26. The number of rotatable bonds is 5. The molecule has 180 valence electrons. The molecule has 0 fully saturated rings. The third-order valence-corrected chi connectivity index (χ3v) is 5.54. The van der Waals surface area contributed by atoms with E-state index in [0.29, 0.717) is 23.4 Å². The molecule has 3 aromatic rings. The maximum atomic E-state index is 13.1. The first-order valence-corrected chi connectivity index (χ1v) is 11.5. The Morgan fingerprint density at radius 3 is 2.29 bits per heavy atom. The van der Waals surface area contributed by atoms with Crippen molar-refractivity contribution in [2.45, 2.75) is 60.8 Å². The minimum atomic E-state index is -0.229. The van der Waals surface area contributed by atoms with Crippen LogP contribution < -0.4 is 10.6 Å². The van der Waals surface area contributed by atoms with Crippen molar-refractivity contribution < 1.29 is 9.59 Å². The van der Waals surface area contributed by atoms with Gasteiger partial charge in [0.2, 0.25) is 0 Å². The van der Waals surface area contributed by atoms with E-state index in [1.165, 1.54) is 6.20 Å². The number of nitrogens with one attached hydrogen (secondary N) is 2. The molecule has 3 rings (SSSR count). The van der Waals surface area contributed by atoms with Crippen molar-refractivity contribution >= 4 is 17.5 Å². The van der Waals surface area contributed by atoms with Crippen LogP contribution in [0.3, 0.4) is 0 Å². The quantitative estimate of drug-likeness (QED) is 0.546. The summed E-state index contributed by atoms with van der Waals surface area (Å²) in [5, 5.41) is 10.3. The number of nitrogens with zero attached hydrogens (tertiary/aromatic N) is 3. The number of carbonyl (C=O) groups excluding carboxylic acids is 2. The molecule has 2 heterocycles. The highest BCUT2D eigenvalue weighted by Gasteiger charge is 2.18. The number of amides is 2. The zero-order valence-electron chi connectivity index (χ0n) is 21.4. The van der Waals surface area contributed by atoms with Gasteiger partial charge in [0.1, 0.15) is 0 Å². The van der Waals surface area contributed by atoms with Crippen LogP contribution in [0.4, 0.5) is 5.69 Å². The summed E-state index contributed by atoms with van der Waals surface area (Å²) < 4.78 is 1.63. The Labute approximate surface area is 202 Å². The summed E-state index contributed by atoms with van der Waals surface area (Å²) in [7, 11) is 0.